The molecule has 0 aromatic carbocycles. The molecule has 1 unspecified atom stereocenters. The van der Waals surface area contributed by atoms with Crippen molar-refractivity contribution in [3.8, 4) is 0 Å². The molecule has 0 aromatic heterocycles. The van der Waals surface area contributed by atoms with E-state index in [1.54, 1.807) is 0 Å². The molecule has 0 aromatic rings. The van der Waals surface area contributed by atoms with Crippen molar-refractivity contribution in [2.24, 2.45) is 5.92 Å². The van der Waals surface area contributed by atoms with Crippen molar-refractivity contribution in [1.29, 1.82) is 0 Å². The summed E-state index contributed by atoms with van der Waals surface area (Å²) in [5, 5.41) is 0. The second-order valence-corrected chi connectivity index (χ2v) is 4.40. The highest BCUT2D eigenvalue weighted by atomic mass is 14.0. The Kier molecular flexibility index (Phi) is 10.6. The fourth-order valence-corrected chi connectivity index (χ4v) is 1.65. The lowest BCUT2D eigenvalue weighted by Crippen LogP contribution is -1.89. The molecule has 0 heteroatoms. The summed E-state index contributed by atoms with van der Waals surface area (Å²) in [7, 11) is 0. The number of allylic oxidation sites excluding steroid dienone is 2. The normalized spacial score (nSPS) is 13.6. The molecule has 0 fully saturated rings. The van der Waals surface area contributed by atoms with Crippen LogP contribution in [0.2, 0.25) is 0 Å². The number of hydrogen-bond acceptors (Lipinski definition) is 0. The summed E-state index contributed by atoms with van der Waals surface area (Å²) in [5.41, 5.74) is 0. The molecular formula is C14H28. The van der Waals surface area contributed by atoms with Gasteiger partial charge in [-0.25, -0.2) is 0 Å². The lowest BCUT2D eigenvalue weighted by Gasteiger charge is -2.04. The summed E-state index contributed by atoms with van der Waals surface area (Å²) >= 11 is 0. The fraction of sp³-hybridized carbons (Fsp3) is 0.857. The molecule has 0 nitrogen and oxygen atoms in total. The summed E-state index contributed by atoms with van der Waals surface area (Å²) in [4.78, 5) is 0. The Morgan fingerprint density at radius 1 is 0.929 bits per heavy atom. The van der Waals surface area contributed by atoms with Crippen molar-refractivity contribution in [2.75, 3.05) is 0 Å². The number of rotatable bonds is 9. The van der Waals surface area contributed by atoms with Gasteiger partial charge >= 0.3 is 0 Å². The molecule has 0 radical (unpaired) electrons. The van der Waals surface area contributed by atoms with E-state index in [1.807, 2.05) is 0 Å². The van der Waals surface area contributed by atoms with E-state index in [4.69, 9.17) is 0 Å². The first-order valence-corrected chi connectivity index (χ1v) is 6.47. The van der Waals surface area contributed by atoms with Gasteiger partial charge in [0.1, 0.15) is 0 Å². The van der Waals surface area contributed by atoms with Crippen molar-refractivity contribution >= 4 is 0 Å². The molecule has 0 spiro atoms. The molecule has 0 aliphatic heterocycles. The van der Waals surface area contributed by atoms with Crippen LogP contribution in [-0.2, 0) is 0 Å². The lowest BCUT2D eigenvalue weighted by atomic mass is 10.0. The van der Waals surface area contributed by atoms with E-state index in [1.165, 1.54) is 51.4 Å². The van der Waals surface area contributed by atoms with Crippen LogP contribution in [0.15, 0.2) is 12.2 Å². The van der Waals surface area contributed by atoms with Crippen LogP contribution in [0.1, 0.15) is 72.1 Å². The monoisotopic (exact) mass is 196 g/mol. The summed E-state index contributed by atoms with van der Waals surface area (Å²) in [5.74, 6) is 0.795. The van der Waals surface area contributed by atoms with Gasteiger partial charge in [-0.05, 0) is 25.2 Å². The molecule has 0 saturated heterocycles. The van der Waals surface area contributed by atoms with E-state index >= 15 is 0 Å². The molecular weight excluding hydrogens is 168 g/mol. The molecule has 0 aliphatic carbocycles. The predicted octanol–water partition coefficient (Wildman–Crippen LogP) is 5.34. The molecule has 0 saturated carbocycles. The standard InChI is InChI=1S/C14H28/c1-4-6-8-9-11-13-14(3)12-10-7-5-2/h11,13-14H,4-10,12H2,1-3H3. The first-order valence-electron chi connectivity index (χ1n) is 6.47. The van der Waals surface area contributed by atoms with Gasteiger partial charge in [0.25, 0.3) is 0 Å². The third-order valence-electron chi connectivity index (χ3n) is 2.70. The maximum absolute atomic E-state index is 2.41. The number of hydrogen-bond donors (Lipinski definition) is 0. The van der Waals surface area contributed by atoms with Crippen LogP contribution in [0.5, 0.6) is 0 Å². The predicted molar refractivity (Wildman–Crippen MR) is 66.6 cm³/mol. The minimum atomic E-state index is 0.795. The van der Waals surface area contributed by atoms with E-state index in [2.05, 4.69) is 32.9 Å². The van der Waals surface area contributed by atoms with Crippen molar-refractivity contribution < 1.29 is 0 Å². The summed E-state index contributed by atoms with van der Waals surface area (Å²) in [6.07, 6.45) is 15.7. The van der Waals surface area contributed by atoms with E-state index in [-0.39, 0.29) is 0 Å². The highest BCUT2D eigenvalue weighted by molar-refractivity contribution is 4.86. The van der Waals surface area contributed by atoms with Gasteiger partial charge in [-0.15, -0.1) is 0 Å². The molecule has 0 heterocycles. The van der Waals surface area contributed by atoms with Crippen LogP contribution in [0.3, 0.4) is 0 Å². The Morgan fingerprint density at radius 2 is 1.57 bits per heavy atom. The third kappa shape index (κ3) is 9.83. The molecule has 0 bridgehead atoms. The third-order valence-corrected chi connectivity index (χ3v) is 2.70. The Balaban J connectivity index is 3.26. The first-order chi connectivity index (χ1) is 6.81. The highest BCUT2D eigenvalue weighted by Gasteiger charge is 1.95. The van der Waals surface area contributed by atoms with E-state index in [0.717, 1.165) is 5.92 Å². The minimum absolute atomic E-state index is 0.795. The van der Waals surface area contributed by atoms with Crippen molar-refractivity contribution in [1.82, 2.24) is 0 Å². The second kappa shape index (κ2) is 10.8. The zero-order valence-electron chi connectivity index (χ0n) is 10.4. The van der Waals surface area contributed by atoms with Crippen LogP contribution >= 0.6 is 0 Å². The van der Waals surface area contributed by atoms with Crippen molar-refractivity contribution in [2.45, 2.75) is 72.1 Å². The largest absolute Gasteiger partial charge is 0.0883 e. The first kappa shape index (κ1) is 13.7. The van der Waals surface area contributed by atoms with Crippen molar-refractivity contribution in [3.05, 3.63) is 12.2 Å². The lowest BCUT2D eigenvalue weighted by molar-refractivity contribution is 0.574. The Morgan fingerprint density at radius 3 is 2.21 bits per heavy atom. The zero-order chi connectivity index (χ0) is 10.6. The van der Waals surface area contributed by atoms with Gasteiger partial charge in [-0.1, -0.05) is 65.0 Å². The van der Waals surface area contributed by atoms with Gasteiger partial charge in [0.05, 0.1) is 0 Å². The number of unbranched alkanes of at least 4 members (excludes halogenated alkanes) is 5. The average Bonchev–Trinajstić information content (AvgIpc) is 2.18. The molecule has 0 rings (SSSR count). The van der Waals surface area contributed by atoms with Crippen molar-refractivity contribution in [3.63, 3.8) is 0 Å². The van der Waals surface area contributed by atoms with Crippen LogP contribution in [0, 0.1) is 5.92 Å². The van der Waals surface area contributed by atoms with Crippen LogP contribution in [-0.4, -0.2) is 0 Å². The van der Waals surface area contributed by atoms with Gasteiger partial charge in [-0.2, -0.15) is 0 Å². The zero-order valence-corrected chi connectivity index (χ0v) is 10.4. The maximum Gasteiger partial charge on any atom is -0.0262 e. The summed E-state index contributed by atoms with van der Waals surface area (Å²) < 4.78 is 0. The van der Waals surface area contributed by atoms with E-state index < -0.39 is 0 Å². The molecule has 1 atom stereocenters. The van der Waals surface area contributed by atoms with Gasteiger partial charge in [0.2, 0.25) is 0 Å². The van der Waals surface area contributed by atoms with Gasteiger partial charge in [0.15, 0.2) is 0 Å². The quantitative estimate of drug-likeness (QED) is 0.345. The van der Waals surface area contributed by atoms with Gasteiger partial charge in [-0.3, -0.25) is 0 Å². The molecule has 0 aliphatic rings. The highest BCUT2D eigenvalue weighted by Crippen LogP contribution is 2.11. The van der Waals surface area contributed by atoms with Crippen LogP contribution in [0.25, 0.3) is 0 Å². The Hall–Kier alpha value is -0.260. The van der Waals surface area contributed by atoms with Gasteiger partial charge < -0.3 is 0 Å². The molecule has 0 N–H and O–H groups in total. The minimum Gasteiger partial charge on any atom is -0.0883 e. The second-order valence-electron chi connectivity index (χ2n) is 4.40. The molecule has 14 heavy (non-hydrogen) atoms. The van der Waals surface area contributed by atoms with E-state index in [9.17, 15) is 0 Å². The Labute approximate surface area is 90.8 Å². The summed E-state index contributed by atoms with van der Waals surface area (Å²) in [6, 6.07) is 0. The SMILES string of the molecule is CCCCCC=CC(C)CCCCC. The topological polar surface area (TPSA) is 0 Å². The summed E-state index contributed by atoms with van der Waals surface area (Å²) in [6.45, 7) is 6.87. The maximum atomic E-state index is 2.41. The average molecular weight is 196 g/mol. The van der Waals surface area contributed by atoms with E-state index in [0.29, 0.717) is 0 Å². The fourth-order valence-electron chi connectivity index (χ4n) is 1.65. The molecule has 84 valence electrons. The van der Waals surface area contributed by atoms with Crippen LogP contribution in [0.4, 0.5) is 0 Å². The Bertz CT molecular complexity index is 124. The smallest absolute Gasteiger partial charge is 0.0262 e. The molecule has 0 amide bonds. The van der Waals surface area contributed by atoms with Gasteiger partial charge in [0, 0.05) is 0 Å². The van der Waals surface area contributed by atoms with Crippen LogP contribution < -0.4 is 0 Å².